The van der Waals surface area contributed by atoms with E-state index in [4.69, 9.17) is 9.47 Å². The van der Waals surface area contributed by atoms with Crippen LogP contribution in [0.5, 0.6) is 0 Å². The van der Waals surface area contributed by atoms with Gasteiger partial charge in [0, 0.05) is 32.7 Å². The first-order valence-electron chi connectivity index (χ1n) is 8.02. The number of hydrogen-bond donors (Lipinski definition) is 0. The maximum Gasteiger partial charge on any atom is 0.410 e. The quantitative estimate of drug-likeness (QED) is 0.749. The molecule has 0 saturated carbocycles. The molecule has 0 atom stereocenters. The summed E-state index contributed by atoms with van der Waals surface area (Å²) in [5.41, 5.74) is 0.980. The van der Waals surface area contributed by atoms with Gasteiger partial charge in [0.25, 0.3) is 0 Å². The number of hydrogen-bond acceptors (Lipinski definition) is 5. The number of esters is 1. The van der Waals surface area contributed by atoms with Crippen molar-refractivity contribution in [2.45, 2.75) is 20.0 Å². The fourth-order valence-electron chi connectivity index (χ4n) is 2.45. The smallest absolute Gasteiger partial charge is 0.410 e. The van der Waals surface area contributed by atoms with Crippen LogP contribution >= 0.6 is 0 Å². The average Bonchev–Trinajstić information content (AvgIpc) is 2.59. The van der Waals surface area contributed by atoms with Crippen molar-refractivity contribution in [2.75, 3.05) is 39.3 Å². The molecule has 6 heteroatoms. The van der Waals surface area contributed by atoms with Crippen LogP contribution in [-0.4, -0.2) is 61.2 Å². The molecule has 0 aliphatic carbocycles. The highest BCUT2D eigenvalue weighted by Crippen LogP contribution is 2.07. The summed E-state index contributed by atoms with van der Waals surface area (Å²) >= 11 is 0. The predicted octanol–water partition coefficient (Wildman–Crippen LogP) is 1.89. The Kier molecular flexibility index (Phi) is 6.87. The highest BCUT2D eigenvalue weighted by Gasteiger charge is 2.22. The van der Waals surface area contributed by atoms with Crippen molar-refractivity contribution in [1.82, 2.24) is 9.80 Å². The number of nitrogens with zero attached hydrogens (tertiary/aromatic N) is 2. The molecule has 0 spiro atoms. The Morgan fingerprint density at radius 1 is 1.04 bits per heavy atom. The molecular weight excluding hydrogens is 296 g/mol. The minimum absolute atomic E-state index is 0.169. The molecule has 1 fully saturated rings. The first-order chi connectivity index (χ1) is 11.2. The third kappa shape index (κ3) is 5.90. The zero-order chi connectivity index (χ0) is 16.5. The number of benzene rings is 1. The summed E-state index contributed by atoms with van der Waals surface area (Å²) in [6, 6.07) is 9.64. The number of ether oxygens (including phenoxy) is 2. The SMILES string of the molecule is CCOC(=O)CCN1CCN(C(=O)OCc2ccccc2)CC1. The lowest BCUT2D eigenvalue weighted by molar-refractivity contribution is -0.143. The second kappa shape index (κ2) is 9.15. The van der Waals surface area contributed by atoms with Gasteiger partial charge in [-0.15, -0.1) is 0 Å². The molecule has 1 aromatic rings. The van der Waals surface area contributed by atoms with Crippen LogP contribution in [0.25, 0.3) is 0 Å². The molecule has 1 aliphatic heterocycles. The zero-order valence-corrected chi connectivity index (χ0v) is 13.6. The third-order valence-corrected chi connectivity index (χ3v) is 3.77. The van der Waals surface area contributed by atoms with Gasteiger partial charge in [0.15, 0.2) is 0 Å². The lowest BCUT2D eigenvalue weighted by Gasteiger charge is -2.33. The average molecular weight is 320 g/mol. The number of rotatable bonds is 6. The molecule has 0 unspecified atom stereocenters. The second-order valence-electron chi connectivity index (χ2n) is 5.42. The number of carbonyl (C=O) groups excluding carboxylic acids is 2. The van der Waals surface area contributed by atoms with E-state index in [2.05, 4.69) is 4.90 Å². The summed E-state index contributed by atoms with van der Waals surface area (Å²) in [6.07, 6.45) is 0.116. The summed E-state index contributed by atoms with van der Waals surface area (Å²) in [7, 11) is 0. The second-order valence-corrected chi connectivity index (χ2v) is 5.42. The van der Waals surface area contributed by atoms with E-state index in [1.54, 1.807) is 11.8 Å². The summed E-state index contributed by atoms with van der Waals surface area (Å²) < 4.78 is 10.2. The topological polar surface area (TPSA) is 59.1 Å². The van der Waals surface area contributed by atoms with Gasteiger partial charge in [-0.05, 0) is 12.5 Å². The van der Waals surface area contributed by atoms with E-state index >= 15 is 0 Å². The summed E-state index contributed by atoms with van der Waals surface area (Å²) in [6.45, 7) is 5.93. The number of carbonyl (C=O) groups is 2. The Morgan fingerprint density at radius 2 is 1.74 bits per heavy atom. The Bertz CT molecular complexity index is 499. The molecule has 6 nitrogen and oxygen atoms in total. The van der Waals surface area contributed by atoms with Crippen LogP contribution in [0.1, 0.15) is 18.9 Å². The van der Waals surface area contributed by atoms with E-state index in [1.165, 1.54) is 0 Å². The van der Waals surface area contributed by atoms with Crippen molar-refractivity contribution in [3.8, 4) is 0 Å². The van der Waals surface area contributed by atoms with Gasteiger partial charge in [0.2, 0.25) is 0 Å². The molecular formula is C17H24N2O4. The normalized spacial score (nSPS) is 15.3. The van der Waals surface area contributed by atoms with Gasteiger partial charge in [-0.1, -0.05) is 30.3 Å². The minimum Gasteiger partial charge on any atom is -0.466 e. The largest absolute Gasteiger partial charge is 0.466 e. The summed E-state index contributed by atoms with van der Waals surface area (Å²) in [5.74, 6) is -0.169. The lowest BCUT2D eigenvalue weighted by atomic mass is 10.2. The predicted molar refractivity (Wildman–Crippen MR) is 85.9 cm³/mol. The Balaban J connectivity index is 1.65. The summed E-state index contributed by atoms with van der Waals surface area (Å²) in [4.78, 5) is 27.3. The Morgan fingerprint density at radius 3 is 2.39 bits per heavy atom. The minimum atomic E-state index is -0.279. The van der Waals surface area contributed by atoms with Crippen molar-refractivity contribution in [1.29, 1.82) is 0 Å². The highest BCUT2D eigenvalue weighted by molar-refractivity contribution is 5.69. The van der Waals surface area contributed by atoms with Crippen LogP contribution < -0.4 is 0 Å². The molecule has 0 aromatic heterocycles. The van der Waals surface area contributed by atoms with Gasteiger partial charge >= 0.3 is 12.1 Å². The van der Waals surface area contributed by atoms with Crippen molar-refractivity contribution >= 4 is 12.1 Å². The molecule has 2 rings (SSSR count). The molecule has 1 saturated heterocycles. The molecule has 126 valence electrons. The van der Waals surface area contributed by atoms with Crippen LogP contribution in [0, 0.1) is 0 Å². The van der Waals surface area contributed by atoms with Crippen molar-refractivity contribution in [2.24, 2.45) is 0 Å². The fourth-order valence-corrected chi connectivity index (χ4v) is 2.45. The Labute approximate surface area is 137 Å². The zero-order valence-electron chi connectivity index (χ0n) is 13.6. The van der Waals surface area contributed by atoms with Crippen molar-refractivity contribution < 1.29 is 19.1 Å². The van der Waals surface area contributed by atoms with Crippen LogP contribution in [0.2, 0.25) is 0 Å². The van der Waals surface area contributed by atoms with Crippen LogP contribution in [0.15, 0.2) is 30.3 Å². The van der Waals surface area contributed by atoms with Gasteiger partial charge < -0.3 is 14.4 Å². The Hall–Kier alpha value is -2.08. The van der Waals surface area contributed by atoms with Crippen molar-refractivity contribution in [3.63, 3.8) is 0 Å². The van der Waals surface area contributed by atoms with Gasteiger partial charge in [-0.2, -0.15) is 0 Å². The van der Waals surface area contributed by atoms with Crippen LogP contribution in [-0.2, 0) is 20.9 Å². The lowest BCUT2D eigenvalue weighted by Crippen LogP contribution is -2.49. The summed E-state index contributed by atoms with van der Waals surface area (Å²) in [5, 5.41) is 0. The monoisotopic (exact) mass is 320 g/mol. The van der Waals surface area contributed by atoms with E-state index in [0.717, 1.165) is 18.7 Å². The van der Waals surface area contributed by atoms with Gasteiger partial charge in [0.1, 0.15) is 6.61 Å². The van der Waals surface area contributed by atoms with E-state index in [0.29, 0.717) is 39.3 Å². The molecule has 1 amide bonds. The molecule has 1 heterocycles. The van der Waals surface area contributed by atoms with Gasteiger partial charge in [-0.3, -0.25) is 9.69 Å². The molecule has 1 aromatic carbocycles. The first kappa shape index (κ1) is 17.3. The van der Waals surface area contributed by atoms with Crippen LogP contribution in [0.4, 0.5) is 4.79 Å². The van der Waals surface area contributed by atoms with E-state index in [-0.39, 0.29) is 12.1 Å². The van der Waals surface area contributed by atoms with Gasteiger partial charge in [0.05, 0.1) is 13.0 Å². The highest BCUT2D eigenvalue weighted by atomic mass is 16.6. The van der Waals surface area contributed by atoms with E-state index < -0.39 is 0 Å². The standard InChI is InChI=1S/C17H24N2O4/c1-2-22-16(20)8-9-18-10-12-19(13-11-18)17(21)23-14-15-6-4-3-5-7-15/h3-7H,2,8-14H2,1H3. The van der Waals surface area contributed by atoms with E-state index in [1.807, 2.05) is 30.3 Å². The molecule has 0 radical (unpaired) electrons. The molecule has 0 bridgehead atoms. The third-order valence-electron chi connectivity index (χ3n) is 3.77. The molecule has 0 N–H and O–H groups in total. The molecule has 1 aliphatic rings. The molecule has 23 heavy (non-hydrogen) atoms. The maximum absolute atomic E-state index is 12.0. The fraction of sp³-hybridized carbons (Fsp3) is 0.529. The van der Waals surface area contributed by atoms with E-state index in [9.17, 15) is 9.59 Å². The van der Waals surface area contributed by atoms with Crippen LogP contribution in [0.3, 0.4) is 0 Å². The van der Waals surface area contributed by atoms with Gasteiger partial charge in [-0.25, -0.2) is 4.79 Å². The number of amides is 1. The maximum atomic E-state index is 12.0. The number of piperazine rings is 1. The van der Waals surface area contributed by atoms with Crippen molar-refractivity contribution in [3.05, 3.63) is 35.9 Å². The first-order valence-corrected chi connectivity index (χ1v) is 8.02.